The molecule has 0 fully saturated rings. The van der Waals surface area contributed by atoms with Crippen LogP contribution in [0.25, 0.3) is 0 Å². The first-order valence-corrected chi connectivity index (χ1v) is 5.48. The fraction of sp³-hybridized carbons (Fsp3) is 0.300. The second-order valence-electron chi connectivity index (χ2n) is 3.06. The Hall–Kier alpha value is -1.13. The van der Waals surface area contributed by atoms with Crippen molar-refractivity contribution in [2.75, 3.05) is 24.0 Å². The van der Waals surface area contributed by atoms with Crippen LogP contribution in [0.15, 0.2) is 12.1 Å². The van der Waals surface area contributed by atoms with Crippen molar-refractivity contribution in [1.82, 2.24) is 0 Å². The number of nitrogens with one attached hydrogen (secondary N) is 1. The smallest absolute Gasteiger partial charge is 0.225 e. The van der Waals surface area contributed by atoms with Crippen LogP contribution < -0.4 is 15.8 Å². The number of ether oxygens (including phenoxy) is 1. The number of anilines is 2. The van der Waals surface area contributed by atoms with Crippen LogP contribution in [0.5, 0.6) is 5.75 Å². The van der Waals surface area contributed by atoms with Gasteiger partial charge in [-0.1, -0.05) is 11.6 Å². The molecular weight excluding hydrogens is 251 g/mol. The highest BCUT2D eigenvalue weighted by Crippen LogP contribution is 2.32. The number of amides is 1. The van der Waals surface area contributed by atoms with Crippen LogP contribution in [-0.4, -0.2) is 18.9 Å². The molecule has 3 N–H and O–H groups in total. The highest BCUT2D eigenvalue weighted by Gasteiger charge is 2.10. The lowest BCUT2D eigenvalue weighted by molar-refractivity contribution is -0.115. The maximum absolute atomic E-state index is 11.4. The van der Waals surface area contributed by atoms with Crippen LogP contribution in [0.1, 0.15) is 6.42 Å². The number of rotatable bonds is 4. The third kappa shape index (κ3) is 3.18. The molecule has 1 aromatic carbocycles. The summed E-state index contributed by atoms with van der Waals surface area (Å²) in [6.07, 6.45) is 0.229. The molecule has 0 heterocycles. The molecule has 0 aromatic heterocycles. The molecule has 4 nitrogen and oxygen atoms in total. The molecule has 0 aliphatic rings. The van der Waals surface area contributed by atoms with Crippen molar-refractivity contribution in [2.24, 2.45) is 0 Å². The number of halogens is 2. The first kappa shape index (κ1) is 12.9. The molecule has 6 heteroatoms. The van der Waals surface area contributed by atoms with E-state index in [0.717, 1.165) is 0 Å². The van der Waals surface area contributed by atoms with E-state index in [1.807, 2.05) is 0 Å². The minimum absolute atomic E-state index is 0.200. The highest BCUT2D eigenvalue weighted by molar-refractivity contribution is 6.33. The number of carbonyl (C=O) groups is 1. The Labute approximate surface area is 104 Å². The van der Waals surface area contributed by atoms with Crippen molar-refractivity contribution in [1.29, 1.82) is 0 Å². The molecule has 0 saturated heterocycles. The molecule has 1 amide bonds. The minimum Gasteiger partial charge on any atom is -0.494 e. The zero-order valence-electron chi connectivity index (χ0n) is 8.72. The average molecular weight is 263 g/mol. The van der Waals surface area contributed by atoms with Gasteiger partial charge in [-0.05, 0) is 6.07 Å². The zero-order valence-corrected chi connectivity index (χ0v) is 10.2. The molecule has 0 spiro atoms. The highest BCUT2D eigenvalue weighted by atomic mass is 35.5. The molecule has 0 bridgehead atoms. The molecule has 1 aromatic rings. The largest absolute Gasteiger partial charge is 0.494 e. The van der Waals surface area contributed by atoms with Crippen LogP contribution in [0, 0.1) is 0 Å². The van der Waals surface area contributed by atoms with E-state index in [-0.39, 0.29) is 18.2 Å². The third-order valence-corrected chi connectivity index (χ3v) is 2.43. The lowest BCUT2D eigenvalue weighted by Crippen LogP contribution is -2.12. The van der Waals surface area contributed by atoms with Crippen molar-refractivity contribution >= 4 is 40.5 Å². The summed E-state index contributed by atoms with van der Waals surface area (Å²) in [5.41, 5.74) is 6.49. The summed E-state index contributed by atoms with van der Waals surface area (Å²) in [5.74, 6) is 0.524. The van der Waals surface area contributed by atoms with Crippen LogP contribution in [0.4, 0.5) is 11.4 Å². The first-order chi connectivity index (χ1) is 7.58. The van der Waals surface area contributed by atoms with Crippen LogP contribution >= 0.6 is 23.2 Å². The van der Waals surface area contributed by atoms with Gasteiger partial charge in [0.1, 0.15) is 5.75 Å². The maximum Gasteiger partial charge on any atom is 0.225 e. The van der Waals surface area contributed by atoms with Crippen molar-refractivity contribution in [3.05, 3.63) is 17.2 Å². The molecule has 0 radical (unpaired) electrons. The second kappa shape index (κ2) is 5.82. The van der Waals surface area contributed by atoms with E-state index >= 15 is 0 Å². The van der Waals surface area contributed by atoms with Gasteiger partial charge in [-0.2, -0.15) is 0 Å². The number of benzene rings is 1. The minimum atomic E-state index is -0.200. The van der Waals surface area contributed by atoms with Gasteiger partial charge in [0.2, 0.25) is 5.91 Å². The van der Waals surface area contributed by atoms with Gasteiger partial charge in [0.05, 0.1) is 23.5 Å². The summed E-state index contributed by atoms with van der Waals surface area (Å²) < 4.78 is 5.07. The molecule has 0 saturated carbocycles. The van der Waals surface area contributed by atoms with Crippen LogP contribution in [0.3, 0.4) is 0 Å². The molecule has 16 heavy (non-hydrogen) atoms. The van der Waals surface area contributed by atoms with Gasteiger partial charge in [-0.3, -0.25) is 4.79 Å². The van der Waals surface area contributed by atoms with Gasteiger partial charge < -0.3 is 15.8 Å². The molecule has 0 aliphatic carbocycles. The Morgan fingerprint density at radius 1 is 1.56 bits per heavy atom. The van der Waals surface area contributed by atoms with E-state index in [9.17, 15) is 4.79 Å². The first-order valence-electron chi connectivity index (χ1n) is 4.57. The number of nitrogen functional groups attached to an aromatic ring is 1. The van der Waals surface area contributed by atoms with Crippen molar-refractivity contribution in [2.45, 2.75) is 6.42 Å². The van der Waals surface area contributed by atoms with E-state index in [1.165, 1.54) is 7.11 Å². The predicted octanol–water partition coefficient (Wildman–Crippen LogP) is 2.50. The van der Waals surface area contributed by atoms with E-state index in [4.69, 9.17) is 33.7 Å². The molecule has 1 rings (SSSR count). The average Bonchev–Trinajstić information content (AvgIpc) is 2.23. The standard InChI is InChI=1S/C10H12Cl2N2O2/c1-16-9-5-7(13)6(12)4-8(9)14-10(15)2-3-11/h4-5H,2-3,13H2,1H3,(H,14,15). The number of nitrogens with two attached hydrogens (primary N) is 1. The van der Waals surface area contributed by atoms with Gasteiger partial charge in [0, 0.05) is 18.4 Å². The third-order valence-electron chi connectivity index (χ3n) is 1.91. The predicted molar refractivity (Wildman–Crippen MR) is 66.4 cm³/mol. The van der Waals surface area contributed by atoms with Crippen molar-refractivity contribution < 1.29 is 9.53 Å². The Morgan fingerprint density at radius 3 is 2.81 bits per heavy atom. The Kier molecular flexibility index (Phi) is 4.71. The van der Waals surface area contributed by atoms with Crippen LogP contribution in [-0.2, 0) is 4.79 Å². The second-order valence-corrected chi connectivity index (χ2v) is 3.85. The zero-order chi connectivity index (χ0) is 12.1. The van der Waals surface area contributed by atoms with E-state index < -0.39 is 0 Å². The summed E-state index contributed by atoms with van der Waals surface area (Å²) >= 11 is 11.3. The Balaban J connectivity index is 2.94. The van der Waals surface area contributed by atoms with Gasteiger partial charge in [0.15, 0.2) is 0 Å². The quantitative estimate of drug-likeness (QED) is 0.648. The SMILES string of the molecule is COc1cc(N)c(Cl)cc1NC(=O)CCCl. The number of hydrogen-bond donors (Lipinski definition) is 2. The van der Waals surface area contributed by atoms with Gasteiger partial charge in [0.25, 0.3) is 0 Å². The summed E-state index contributed by atoms with van der Waals surface area (Å²) in [4.78, 5) is 11.4. The summed E-state index contributed by atoms with van der Waals surface area (Å²) in [6.45, 7) is 0. The van der Waals surface area contributed by atoms with E-state index in [0.29, 0.717) is 22.1 Å². The molecule has 88 valence electrons. The van der Waals surface area contributed by atoms with Crippen LogP contribution in [0.2, 0.25) is 5.02 Å². The number of alkyl halides is 1. The Morgan fingerprint density at radius 2 is 2.25 bits per heavy atom. The topological polar surface area (TPSA) is 64.3 Å². The van der Waals surface area contributed by atoms with Gasteiger partial charge in [-0.25, -0.2) is 0 Å². The Bertz CT molecular complexity index is 397. The van der Waals surface area contributed by atoms with Gasteiger partial charge in [-0.15, -0.1) is 11.6 Å². The fourth-order valence-corrected chi connectivity index (χ4v) is 1.47. The summed E-state index contributed by atoms with van der Waals surface area (Å²) in [6, 6.07) is 3.10. The number of carbonyl (C=O) groups excluding carboxylic acids is 1. The fourth-order valence-electron chi connectivity index (χ4n) is 1.13. The maximum atomic E-state index is 11.4. The lowest BCUT2D eigenvalue weighted by atomic mass is 10.2. The van der Waals surface area contributed by atoms with Crippen molar-refractivity contribution in [3.8, 4) is 5.75 Å². The molecule has 0 unspecified atom stereocenters. The molecular formula is C10H12Cl2N2O2. The number of methoxy groups -OCH3 is 1. The molecule has 0 aliphatic heterocycles. The summed E-state index contributed by atoms with van der Waals surface area (Å²) in [7, 11) is 1.49. The monoisotopic (exact) mass is 262 g/mol. The van der Waals surface area contributed by atoms with Crippen molar-refractivity contribution in [3.63, 3.8) is 0 Å². The normalized spacial score (nSPS) is 9.94. The summed E-state index contributed by atoms with van der Waals surface area (Å²) in [5, 5.41) is 3.00. The van der Waals surface area contributed by atoms with E-state index in [1.54, 1.807) is 12.1 Å². The van der Waals surface area contributed by atoms with E-state index in [2.05, 4.69) is 5.32 Å². The molecule has 0 atom stereocenters. The van der Waals surface area contributed by atoms with Gasteiger partial charge >= 0.3 is 0 Å². The number of hydrogen-bond acceptors (Lipinski definition) is 3. The lowest BCUT2D eigenvalue weighted by Gasteiger charge is -2.11.